The lowest BCUT2D eigenvalue weighted by molar-refractivity contribution is -0.133. The maximum Gasteiger partial charge on any atom is 0.274 e. The first-order valence-electron chi connectivity index (χ1n) is 12.2. The minimum atomic E-state index is -1.08. The lowest BCUT2D eigenvalue weighted by Crippen LogP contribution is -2.63. The highest BCUT2D eigenvalue weighted by Crippen LogP contribution is 2.38. The van der Waals surface area contributed by atoms with E-state index in [-0.39, 0.29) is 18.4 Å². The van der Waals surface area contributed by atoms with Gasteiger partial charge in [0.15, 0.2) is 0 Å². The van der Waals surface area contributed by atoms with Gasteiger partial charge in [-0.05, 0) is 62.6 Å². The van der Waals surface area contributed by atoms with E-state index in [1.807, 2.05) is 59.6 Å². The number of amides is 2. The second kappa shape index (κ2) is 8.80. The summed E-state index contributed by atoms with van der Waals surface area (Å²) in [4.78, 5) is 29.6. The predicted octanol–water partition coefficient (Wildman–Crippen LogP) is 4.91. The molecule has 1 aliphatic heterocycles. The molecule has 7 heteroatoms. The van der Waals surface area contributed by atoms with Gasteiger partial charge in [-0.15, -0.1) is 0 Å². The molecule has 0 saturated carbocycles. The van der Waals surface area contributed by atoms with Crippen LogP contribution in [0.4, 0.5) is 0 Å². The Labute approximate surface area is 205 Å². The van der Waals surface area contributed by atoms with E-state index >= 15 is 0 Å². The van der Waals surface area contributed by atoms with Crippen molar-refractivity contribution in [1.82, 2.24) is 19.4 Å². The zero-order valence-electron chi connectivity index (χ0n) is 20.7. The number of carbonyl (C=O) groups excluding carboxylic acids is 2. The highest BCUT2D eigenvalue weighted by molar-refractivity contribution is 6.09. The van der Waals surface area contributed by atoms with E-state index in [1.165, 1.54) is 0 Å². The summed E-state index contributed by atoms with van der Waals surface area (Å²) < 4.78 is 9.61. The van der Waals surface area contributed by atoms with Crippen LogP contribution in [0.25, 0.3) is 16.6 Å². The van der Waals surface area contributed by atoms with E-state index in [4.69, 9.17) is 4.42 Å². The van der Waals surface area contributed by atoms with E-state index in [9.17, 15) is 9.59 Å². The minimum Gasteiger partial charge on any atom is -0.467 e. The van der Waals surface area contributed by atoms with Gasteiger partial charge in [-0.1, -0.05) is 25.5 Å². The summed E-state index contributed by atoms with van der Waals surface area (Å²) in [7, 11) is 0. The maximum atomic E-state index is 14.3. The molecule has 182 valence electrons. The third-order valence-corrected chi connectivity index (χ3v) is 6.95. The fraction of sp³-hybridized carbons (Fsp3) is 0.357. The molecule has 2 amide bonds. The topological polar surface area (TPSA) is 72.4 Å². The minimum absolute atomic E-state index is 0.153. The predicted molar refractivity (Wildman–Crippen MR) is 135 cm³/mol. The van der Waals surface area contributed by atoms with Gasteiger partial charge in [0.2, 0.25) is 5.91 Å². The lowest BCUT2D eigenvalue weighted by Gasteiger charge is -2.44. The van der Waals surface area contributed by atoms with E-state index < -0.39 is 5.54 Å². The third kappa shape index (κ3) is 3.95. The number of hydrogen-bond donors (Lipinski definition) is 1. The standard InChI is InChI=1S/C28H32N4O3/c1-19(2)11-12-29-27(34)28(4)18-31-23-10-9-20(3)16-22(23)24(30-13-5-6-14-30)25(31)26(33)32(28)17-21-8-7-15-35-21/h5-10,13-16,19H,11-12,17-18H2,1-4H3,(H,29,34)/t28-/m0/s1. The Hall–Kier alpha value is -3.74. The molecular formula is C28H32N4O3. The van der Waals surface area contributed by atoms with Gasteiger partial charge in [-0.3, -0.25) is 9.59 Å². The number of hydrogen-bond acceptors (Lipinski definition) is 3. The highest BCUT2D eigenvalue weighted by atomic mass is 16.3. The van der Waals surface area contributed by atoms with Crippen LogP contribution < -0.4 is 5.32 Å². The summed E-state index contributed by atoms with van der Waals surface area (Å²) in [5.41, 5.74) is 2.40. The Kier molecular flexibility index (Phi) is 5.79. The van der Waals surface area contributed by atoms with Crippen LogP contribution in [0.5, 0.6) is 0 Å². The molecule has 1 aliphatic rings. The number of rotatable bonds is 7. The first-order chi connectivity index (χ1) is 16.8. The molecule has 4 aromatic rings. The Balaban J connectivity index is 1.67. The number of nitrogens with zero attached hydrogens (tertiary/aromatic N) is 3. The van der Waals surface area contributed by atoms with Crippen LogP contribution in [0.3, 0.4) is 0 Å². The molecule has 1 N–H and O–H groups in total. The number of nitrogens with one attached hydrogen (secondary N) is 1. The van der Waals surface area contributed by atoms with Gasteiger partial charge in [0.25, 0.3) is 5.91 Å². The number of fused-ring (bicyclic) bond motifs is 3. The summed E-state index contributed by atoms with van der Waals surface area (Å²) >= 11 is 0. The molecule has 35 heavy (non-hydrogen) atoms. The van der Waals surface area contributed by atoms with Crippen LogP contribution in [0.2, 0.25) is 0 Å². The fourth-order valence-corrected chi connectivity index (χ4v) is 4.99. The number of furan rings is 1. The Morgan fingerprint density at radius 2 is 1.94 bits per heavy atom. The molecule has 0 spiro atoms. The van der Waals surface area contributed by atoms with Gasteiger partial charge in [0, 0.05) is 24.3 Å². The largest absolute Gasteiger partial charge is 0.467 e. The second-order valence-corrected chi connectivity index (χ2v) is 10.1. The van der Waals surface area contributed by atoms with E-state index in [0.29, 0.717) is 30.5 Å². The van der Waals surface area contributed by atoms with Crippen molar-refractivity contribution in [2.75, 3.05) is 6.54 Å². The zero-order chi connectivity index (χ0) is 24.7. The molecule has 0 saturated heterocycles. The van der Waals surface area contributed by atoms with Crippen molar-refractivity contribution in [3.05, 3.63) is 78.1 Å². The number of aryl methyl sites for hydroxylation is 1. The third-order valence-electron chi connectivity index (χ3n) is 6.95. The second-order valence-electron chi connectivity index (χ2n) is 10.1. The first kappa shape index (κ1) is 23.0. The number of benzene rings is 1. The van der Waals surface area contributed by atoms with Crippen molar-refractivity contribution in [1.29, 1.82) is 0 Å². The molecule has 7 nitrogen and oxygen atoms in total. The summed E-state index contributed by atoms with van der Waals surface area (Å²) in [6.45, 7) is 9.30. The van der Waals surface area contributed by atoms with E-state index in [1.54, 1.807) is 17.2 Å². The SMILES string of the molecule is Cc1ccc2c(c1)c(-n1cccc1)c1n2C[C@@](C)(C(=O)NCCC(C)C)N(Cc2ccco2)C1=O. The molecule has 0 fully saturated rings. The van der Waals surface area contributed by atoms with Gasteiger partial charge < -0.3 is 23.8 Å². The van der Waals surface area contributed by atoms with Gasteiger partial charge in [-0.2, -0.15) is 0 Å². The van der Waals surface area contributed by atoms with Crippen molar-refractivity contribution in [3.8, 4) is 5.69 Å². The Bertz CT molecular complexity index is 1370. The first-order valence-corrected chi connectivity index (χ1v) is 12.2. The van der Waals surface area contributed by atoms with Gasteiger partial charge >= 0.3 is 0 Å². The van der Waals surface area contributed by atoms with E-state index in [2.05, 4.69) is 31.3 Å². The van der Waals surface area contributed by atoms with Crippen molar-refractivity contribution in [2.24, 2.45) is 5.92 Å². The molecule has 0 bridgehead atoms. The normalized spacial score (nSPS) is 17.9. The van der Waals surface area contributed by atoms with E-state index in [0.717, 1.165) is 28.6 Å². The molecule has 0 unspecified atom stereocenters. The van der Waals surface area contributed by atoms with Crippen LogP contribution in [0, 0.1) is 12.8 Å². The average molecular weight is 473 g/mol. The Morgan fingerprint density at radius 1 is 1.17 bits per heavy atom. The summed E-state index contributed by atoms with van der Waals surface area (Å²) in [5.74, 6) is 0.775. The fourth-order valence-electron chi connectivity index (χ4n) is 4.99. The quantitative estimate of drug-likeness (QED) is 0.415. The molecule has 3 aromatic heterocycles. The zero-order valence-corrected chi connectivity index (χ0v) is 20.7. The summed E-state index contributed by atoms with van der Waals surface area (Å²) in [5, 5.41) is 4.09. The molecule has 0 radical (unpaired) electrons. The van der Waals surface area contributed by atoms with Crippen molar-refractivity contribution in [2.45, 2.75) is 52.7 Å². The van der Waals surface area contributed by atoms with Crippen LogP contribution in [-0.4, -0.2) is 37.9 Å². The molecular weight excluding hydrogens is 440 g/mol. The molecule has 1 aromatic carbocycles. The van der Waals surface area contributed by atoms with Crippen LogP contribution in [0.15, 0.2) is 65.5 Å². The highest BCUT2D eigenvalue weighted by Gasteiger charge is 2.49. The Morgan fingerprint density at radius 3 is 2.63 bits per heavy atom. The molecule has 1 atom stereocenters. The maximum absolute atomic E-state index is 14.3. The van der Waals surface area contributed by atoms with Crippen LogP contribution >= 0.6 is 0 Å². The molecule has 4 heterocycles. The van der Waals surface area contributed by atoms with Crippen molar-refractivity contribution < 1.29 is 14.0 Å². The summed E-state index contributed by atoms with van der Waals surface area (Å²) in [6, 6.07) is 13.8. The van der Waals surface area contributed by atoms with Crippen LogP contribution in [-0.2, 0) is 17.9 Å². The van der Waals surface area contributed by atoms with Crippen molar-refractivity contribution >= 4 is 22.7 Å². The van der Waals surface area contributed by atoms with Gasteiger partial charge in [0.05, 0.1) is 30.6 Å². The summed E-state index contributed by atoms with van der Waals surface area (Å²) in [6.07, 6.45) is 6.38. The van der Waals surface area contributed by atoms with Gasteiger partial charge in [0.1, 0.15) is 17.0 Å². The molecule has 0 aliphatic carbocycles. The number of aromatic nitrogens is 2. The van der Waals surface area contributed by atoms with Crippen molar-refractivity contribution in [3.63, 3.8) is 0 Å². The smallest absolute Gasteiger partial charge is 0.274 e. The molecule has 5 rings (SSSR count). The van der Waals surface area contributed by atoms with Gasteiger partial charge in [-0.25, -0.2) is 0 Å². The van der Waals surface area contributed by atoms with Crippen LogP contribution in [0.1, 0.15) is 49.0 Å². The lowest BCUT2D eigenvalue weighted by atomic mass is 9.94. The monoisotopic (exact) mass is 472 g/mol. The average Bonchev–Trinajstić information content (AvgIpc) is 3.57. The number of carbonyl (C=O) groups is 2.